The number of carboxylic acids is 1. The molecule has 2 aromatic carbocycles. The van der Waals surface area contributed by atoms with Crippen molar-refractivity contribution in [2.45, 2.75) is 71.6 Å². The van der Waals surface area contributed by atoms with E-state index in [1.54, 1.807) is 21.4 Å². The number of nitrogens with zero attached hydrogens (tertiary/aromatic N) is 3. The van der Waals surface area contributed by atoms with Crippen LogP contribution in [0, 0.1) is 0 Å². The molecule has 0 aliphatic heterocycles. The summed E-state index contributed by atoms with van der Waals surface area (Å²) in [5.74, 6) is 0.353. The molecule has 0 saturated heterocycles. The third kappa shape index (κ3) is 6.57. The standard InChI is InChI=1S/C26H33N3O4/c1-4-18-28-23(27-29(25(28)32)19-17-20-9-6-5-7-10-20)12-8-11-21-13-15-22(16-14-21)33-26(2,3)24(30)31/h5-7,9-10,13-16H,4,8,11-12,17-19H2,1-3H3,(H,30,31). The van der Waals surface area contributed by atoms with Gasteiger partial charge in [-0.05, 0) is 62.8 Å². The van der Waals surface area contributed by atoms with Gasteiger partial charge in [0.1, 0.15) is 11.6 Å². The summed E-state index contributed by atoms with van der Waals surface area (Å²) in [4.78, 5) is 24.1. The summed E-state index contributed by atoms with van der Waals surface area (Å²) in [6, 6.07) is 17.6. The number of aryl methyl sites for hydroxylation is 4. The zero-order valence-electron chi connectivity index (χ0n) is 19.7. The minimum absolute atomic E-state index is 0.0367. The first-order chi connectivity index (χ1) is 15.8. The number of hydrogen-bond acceptors (Lipinski definition) is 4. The Bertz CT molecular complexity index is 1100. The molecule has 1 N–H and O–H groups in total. The van der Waals surface area contributed by atoms with Gasteiger partial charge in [0.05, 0.1) is 6.54 Å². The first-order valence-electron chi connectivity index (χ1n) is 11.5. The Kier molecular flexibility index (Phi) is 8.09. The van der Waals surface area contributed by atoms with Gasteiger partial charge in [-0.1, -0.05) is 49.4 Å². The summed E-state index contributed by atoms with van der Waals surface area (Å²) in [6.45, 7) is 6.36. The van der Waals surface area contributed by atoms with Crippen molar-refractivity contribution in [1.82, 2.24) is 14.3 Å². The molecular weight excluding hydrogens is 418 g/mol. The summed E-state index contributed by atoms with van der Waals surface area (Å²) in [7, 11) is 0. The van der Waals surface area contributed by atoms with E-state index in [-0.39, 0.29) is 5.69 Å². The predicted molar refractivity (Wildman–Crippen MR) is 128 cm³/mol. The first kappa shape index (κ1) is 24.3. The number of rotatable bonds is 12. The maximum absolute atomic E-state index is 12.8. The van der Waals surface area contributed by atoms with E-state index in [1.807, 2.05) is 30.3 Å². The van der Waals surface area contributed by atoms with Gasteiger partial charge in [0.2, 0.25) is 0 Å². The molecule has 0 bridgehead atoms. The monoisotopic (exact) mass is 451 g/mol. The van der Waals surface area contributed by atoms with Crippen LogP contribution in [-0.4, -0.2) is 31.0 Å². The average Bonchev–Trinajstić information content (AvgIpc) is 3.09. The largest absolute Gasteiger partial charge is 0.478 e. The number of carboxylic acid groups (broad SMARTS) is 1. The van der Waals surface area contributed by atoms with Gasteiger partial charge in [-0.25, -0.2) is 14.3 Å². The number of aliphatic carboxylic acids is 1. The van der Waals surface area contributed by atoms with Crippen molar-refractivity contribution in [3.63, 3.8) is 0 Å². The number of aromatic nitrogens is 3. The van der Waals surface area contributed by atoms with E-state index >= 15 is 0 Å². The van der Waals surface area contributed by atoms with E-state index in [1.165, 1.54) is 19.4 Å². The molecule has 0 saturated carbocycles. The van der Waals surface area contributed by atoms with Crippen molar-refractivity contribution < 1.29 is 14.6 Å². The highest BCUT2D eigenvalue weighted by Crippen LogP contribution is 2.20. The van der Waals surface area contributed by atoms with Crippen molar-refractivity contribution in [1.29, 1.82) is 0 Å². The van der Waals surface area contributed by atoms with Gasteiger partial charge in [0.15, 0.2) is 5.60 Å². The number of carbonyl (C=O) groups is 1. The SMILES string of the molecule is CCCn1c(CCCc2ccc(OC(C)(C)C(=O)O)cc2)nn(CCc2ccccc2)c1=O. The summed E-state index contributed by atoms with van der Waals surface area (Å²) in [5.41, 5.74) is 1.01. The fraction of sp³-hybridized carbons (Fsp3) is 0.423. The Morgan fingerprint density at radius 1 is 0.970 bits per heavy atom. The number of ether oxygens (including phenoxy) is 1. The lowest BCUT2D eigenvalue weighted by Crippen LogP contribution is -2.37. The zero-order valence-corrected chi connectivity index (χ0v) is 19.7. The second kappa shape index (κ2) is 11.0. The maximum atomic E-state index is 12.8. The highest BCUT2D eigenvalue weighted by Gasteiger charge is 2.29. The Morgan fingerprint density at radius 2 is 1.64 bits per heavy atom. The number of hydrogen-bond donors (Lipinski definition) is 1. The minimum Gasteiger partial charge on any atom is -0.478 e. The van der Waals surface area contributed by atoms with E-state index < -0.39 is 11.6 Å². The molecular formula is C26H33N3O4. The maximum Gasteiger partial charge on any atom is 0.347 e. The molecule has 0 radical (unpaired) electrons. The van der Waals surface area contributed by atoms with Gasteiger partial charge in [-0.3, -0.25) is 4.57 Å². The molecule has 0 spiro atoms. The smallest absolute Gasteiger partial charge is 0.347 e. The van der Waals surface area contributed by atoms with Crippen LogP contribution in [0.4, 0.5) is 0 Å². The van der Waals surface area contributed by atoms with Crippen molar-refractivity contribution in [2.24, 2.45) is 0 Å². The summed E-state index contributed by atoms with van der Waals surface area (Å²) in [6.07, 6.45) is 4.07. The Morgan fingerprint density at radius 3 is 2.27 bits per heavy atom. The molecule has 1 aromatic heterocycles. The van der Waals surface area contributed by atoms with E-state index in [9.17, 15) is 14.7 Å². The Hall–Kier alpha value is -3.35. The molecule has 176 valence electrons. The summed E-state index contributed by atoms with van der Waals surface area (Å²) < 4.78 is 8.95. The molecule has 0 aliphatic carbocycles. The third-order valence-electron chi connectivity index (χ3n) is 5.58. The van der Waals surface area contributed by atoms with Crippen LogP contribution >= 0.6 is 0 Å². The highest BCUT2D eigenvalue weighted by molar-refractivity contribution is 5.76. The fourth-order valence-electron chi connectivity index (χ4n) is 3.66. The lowest BCUT2D eigenvalue weighted by atomic mass is 10.1. The molecule has 0 unspecified atom stereocenters. The van der Waals surface area contributed by atoms with Crippen molar-refractivity contribution in [2.75, 3.05) is 0 Å². The van der Waals surface area contributed by atoms with Gasteiger partial charge < -0.3 is 9.84 Å². The van der Waals surface area contributed by atoms with Gasteiger partial charge in [0.25, 0.3) is 0 Å². The molecule has 0 amide bonds. The molecule has 0 aliphatic rings. The van der Waals surface area contributed by atoms with Crippen LogP contribution in [-0.2, 0) is 37.1 Å². The first-order valence-corrected chi connectivity index (χ1v) is 11.5. The topological polar surface area (TPSA) is 86.3 Å². The third-order valence-corrected chi connectivity index (χ3v) is 5.58. The van der Waals surface area contributed by atoms with E-state index in [4.69, 9.17) is 4.74 Å². The molecule has 0 fully saturated rings. The van der Waals surface area contributed by atoms with Crippen LogP contribution in [0.2, 0.25) is 0 Å². The van der Waals surface area contributed by atoms with E-state index in [0.717, 1.165) is 43.5 Å². The second-order valence-corrected chi connectivity index (χ2v) is 8.72. The van der Waals surface area contributed by atoms with Crippen LogP contribution in [0.25, 0.3) is 0 Å². The molecule has 7 heteroatoms. The van der Waals surface area contributed by atoms with Crippen LogP contribution in [0.1, 0.15) is 50.6 Å². The quantitative estimate of drug-likeness (QED) is 0.448. The lowest BCUT2D eigenvalue weighted by Gasteiger charge is -2.21. The molecule has 3 aromatic rings. The van der Waals surface area contributed by atoms with Crippen molar-refractivity contribution in [3.05, 3.63) is 82.0 Å². The van der Waals surface area contributed by atoms with Crippen molar-refractivity contribution in [3.8, 4) is 5.75 Å². The van der Waals surface area contributed by atoms with Gasteiger partial charge in [0, 0.05) is 13.0 Å². The predicted octanol–water partition coefficient (Wildman–Crippen LogP) is 4.11. The molecule has 0 atom stereocenters. The number of benzene rings is 2. The van der Waals surface area contributed by atoms with Gasteiger partial charge in [-0.2, -0.15) is 5.10 Å². The molecule has 7 nitrogen and oxygen atoms in total. The van der Waals surface area contributed by atoms with Gasteiger partial charge >= 0.3 is 11.7 Å². The molecule has 1 heterocycles. The summed E-state index contributed by atoms with van der Waals surface area (Å²) >= 11 is 0. The van der Waals surface area contributed by atoms with E-state index in [2.05, 4.69) is 24.2 Å². The zero-order chi connectivity index (χ0) is 23.8. The average molecular weight is 452 g/mol. The molecule has 33 heavy (non-hydrogen) atoms. The van der Waals surface area contributed by atoms with Crippen LogP contribution in [0.3, 0.4) is 0 Å². The second-order valence-electron chi connectivity index (χ2n) is 8.72. The summed E-state index contributed by atoms with van der Waals surface area (Å²) in [5, 5.41) is 13.8. The highest BCUT2D eigenvalue weighted by atomic mass is 16.5. The van der Waals surface area contributed by atoms with Crippen LogP contribution in [0.5, 0.6) is 5.75 Å². The van der Waals surface area contributed by atoms with Crippen LogP contribution in [0.15, 0.2) is 59.4 Å². The Balaban J connectivity index is 1.60. The van der Waals surface area contributed by atoms with Crippen molar-refractivity contribution >= 4 is 5.97 Å². The lowest BCUT2D eigenvalue weighted by molar-refractivity contribution is -0.152. The normalized spacial score (nSPS) is 11.5. The molecule has 3 rings (SSSR count). The van der Waals surface area contributed by atoms with Gasteiger partial charge in [-0.15, -0.1) is 0 Å². The fourth-order valence-corrected chi connectivity index (χ4v) is 3.66. The minimum atomic E-state index is -1.27. The van der Waals surface area contributed by atoms with Crippen LogP contribution < -0.4 is 10.4 Å². The van der Waals surface area contributed by atoms with E-state index in [0.29, 0.717) is 18.8 Å². The Labute approximate surface area is 194 Å².